The fraction of sp³-hybridized carbons (Fsp3) is 0.190. The molecule has 0 fully saturated rings. The average molecular weight is 414 g/mol. The molecule has 0 aliphatic heterocycles. The molecular formula is C21H20ClN3O2S. The zero-order chi connectivity index (χ0) is 20.1. The first kappa shape index (κ1) is 20.2. The van der Waals surface area contributed by atoms with Gasteiger partial charge in [0.05, 0.1) is 12.4 Å². The van der Waals surface area contributed by atoms with Crippen molar-refractivity contribution in [3.8, 4) is 17.1 Å². The van der Waals surface area contributed by atoms with E-state index in [1.165, 1.54) is 11.8 Å². The van der Waals surface area contributed by atoms with Crippen molar-refractivity contribution >= 4 is 29.1 Å². The molecule has 0 aliphatic rings. The summed E-state index contributed by atoms with van der Waals surface area (Å²) in [5, 5.41) is 9.62. The number of ether oxygens (including phenoxy) is 1. The number of benzene rings is 2. The van der Waals surface area contributed by atoms with Crippen LogP contribution in [0.15, 0.2) is 66.3 Å². The number of carbonyl (C=O) groups is 1. The number of Topliss-reactive ketones (excluding diaryl/α,β-unsaturated/α-hetero) is 1. The molecule has 0 saturated heterocycles. The average Bonchev–Trinajstić information content (AvgIpc) is 3.10. The highest BCUT2D eigenvalue weighted by molar-refractivity contribution is 8.00. The molecule has 0 unspecified atom stereocenters. The Bertz CT molecular complexity index is 968. The maximum absolute atomic E-state index is 12.8. The van der Waals surface area contributed by atoms with E-state index in [9.17, 15) is 4.79 Å². The minimum Gasteiger partial charge on any atom is -0.497 e. The van der Waals surface area contributed by atoms with Crippen LogP contribution in [0.1, 0.15) is 17.3 Å². The number of rotatable bonds is 8. The molecule has 28 heavy (non-hydrogen) atoms. The zero-order valence-electron chi connectivity index (χ0n) is 15.6. The summed E-state index contributed by atoms with van der Waals surface area (Å²) < 4.78 is 7.09. The number of thioether (sulfide) groups is 1. The molecule has 0 spiro atoms. The van der Waals surface area contributed by atoms with Crippen LogP contribution in [0, 0.1) is 0 Å². The van der Waals surface area contributed by atoms with E-state index in [4.69, 9.17) is 16.3 Å². The van der Waals surface area contributed by atoms with Crippen LogP contribution in [0.2, 0.25) is 5.02 Å². The van der Waals surface area contributed by atoms with Crippen molar-refractivity contribution < 1.29 is 9.53 Å². The fourth-order valence-corrected chi connectivity index (χ4v) is 3.75. The lowest BCUT2D eigenvalue weighted by Crippen LogP contribution is -2.14. The van der Waals surface area contributed by atoms with Crippen LogP contribution in [0.5, 0.6) is 5.75 Å². The molecule has 3 aromatic rings. The van der Waals surface area contributed by atoms with Crippen molar-refractivity contribution in [2.75, 3.05) is 7.11 Å². The fourth-order valence-electron chi connectivity index (χ4n) is 2.68. The number of nitrogens with zero attached hydrogens (tertiary/aromatic N) is 3. The second-order valence-electron chi connectivity index (χ2n) is 6.07. The van der Waals surface area contributed by atoms with Crippen molar-refractivity contribution in [2.24, 2.45) is 0 Å². The lowest BCUT2D eigenvalue weighted by Gasteiger charge is -2.12. The van der Waals surface area contributed by atoms with Crippen LogP contribution in [-0.4, -0.2) is 32.9 Å². The summed E-state index contributed by atoms with van der Waals surface area (Å²) in [6, 6.07) is 14.5. The number of allylic oxidation sites excluding steroid dienone is 1. The van der Waals surface area contributed by atoms with Gasteiger partial charge in [-0.3, -0.25) is 9.36 Å². The quantitative estimate of drug-likeness (QED) is 0.290. The van der Waals surface area contributed by atoms with E-state index >= 15 is 0 Å². The molecule has 1 aromatic heterocycles. The number of halogens is 1. The Hall–Kier alpha value is -2.57. The van der Waals surface area contributed by atoms with Crippen molar-refractivity contribution in [1.29, 1.82) is 0 Å². The third-order valence-electron chi connectivity index (χ3n) is 4.16. The Morgan fingerprint density at radius 1 is 1.21 bits per heavy atom. The second kappa shape index (κ2) is 9.08. The van der Waals surface area contributed by atoms with Crippen LogP contribution in [-0.2, 0) is 6.54 Å². The molecule has 144 valence electrons. The summed E-state index contributed by atoms with van der Waals surface area (Å²) in [5.74, 6) is 1.45. The van der Waals surface area contributed by atoms with Gasteiger partial charge >= 0.3 is 0 Å². The minimum absolute atomic E-state index is 0.0221. The van der Waals surface area contributed by atoms with Gasteiger partial charge in [0.2, 0.25) is 0 Å². The van der Waals surface area contributed by atoms with Crippen LogP contribution < -0.4 is 4.74 Å². The van der Waals surface area contributed by atoms with Crippen LogP contribution in [0.25, 0.3) is 11.4 Å². The van der Waals surface area contributed by atoms with Gasteiger partial charge in [-0.1, -0.05) is 29.4 Å². The molecule has 0 amide bonds. The van der Waals surface area contributed by atoms with Crippen LogP contribution >= 0.6 is 23.4 Å². The minimum atomic E-state index is -0.320. The molecule has 0 aliphatic carbocycles. The Morgan fingerprint density at radius 3 is 2.50 bits per heavy atom. The monoisotopic (exact) mass is 413 g/mol. The van der Waals surface area contributed by atoms with E-state index < -0.39 is 0 Å². The van der Waals surface area contributed by atoms with Crippen LogP contribution in [0.3, 0.4) is 0 Å². The van der Waals surface area contributed by atoms with E-state index in [-0.39, 0.29) is 11.0 Å². The van der Waals surface area contributed by atoms with Gasteiger partial charge in [-0.05, 0) is 55.5 Å². The van der Waals surface area contributed by atoms with Gasteiger partial charge in [0.25, 0.3) is 0 Å². The lowest BCUT2D eigenvalue weighted by molar-refractivity contribution is 0.0994. The van der Waals surface area contributed by atoms with Gasteiger partial charge in [0.1, 0.15) is 5.75 Å². The Balaban J connectivity index is 1.83. The molecule has 2 aromatic carbocycles. The first-order chi connectivity index (χ1) is 13.5. The number of methoxy groups -OCH3 is 1. The number of ketones is 1. The first-order valence-electron chi connectivity index (χ1n) is 8.68. The maximum atomic E-state index is 12.8. The van der Waals surface area contributed by atoms with E-state index in [0.29, 0.717) is 28.1 Å². The van der Waals surface area contributed by atoms with Gasteiger partial charge in [-0.25, -0.2) is 0 Å². The van der Waals surface area contributed by atoms with E-state index in [1.807, 2.05) is 35.8 Å². The lowest BCUT2D eigenvalue weighted by atomic mass is 10.1. The third kappa shape index (κ3) is 4.46. The zero-order valence-corrected chi connectivity index (χ0v) is 17.2. The molecule has 5 nitrogen and oxygen atoms in total. The molecule has 0 bridgehead atoms. The van der Waals surface area contributed by atoms with Gasteiger partial charge in [-0.15, -0.1) is 16.8 Å². The highest BCUT2D eigenvalue weighted by Crippen LogP contribution is 2.29. The standard InChI is InChI=1S/C21H20ClN3O2S/c1-4-13-25-20(16-5-9-17(22)10-6-16)23-24-21(25)28-14(2)19(26)15-7-11-18(27-3)12-8-15/h4-12,14H,1,13H2,2-3H3/t14-/m1/s1. The molecule has 0 saturated carbocycles. The van der Waals surface area contributed by atoms with Gasteiger partial charge in [-0.2, -0.15) is 0 Å². The molecule has 1 heterocycles. The molecular weight excluding hydrogens is 394 g/mol. The Labute approximate surface area is 173 Å². The molecule has 0 radical (unpaired) electrons. The van der Waals surface area contributed by atoms with Crippen LogP contribution in [0.4, 0.5) is 0 Å². The third-order valence-corrected chi connectivity index (χ3v) is 5.49. The maximum Gasteiger partial charge on any atom is 0.192 e. The predicted octanol–water partition coefficient (Wildman–Crippen LogP) is 5.16. The van der Waals surface area contributed by atoms with Crippen molar-refractivity contribution in [1.82, 2.24) is 14.8 Å². The summed E-state index contributed by atoms with van der Waals surface area (Å²) >= 11 is 7.35. The number of hydrogen-bond acceptors (Lipinski definition) is 5. The van der Waals surface area contributed by atoms with Crippen molar-refractivity contribution in [2.45, 2.75) is 23.9 Å². The molecule has 0 N–H and O–H groups in total. The van der Waals surface area contributed by atoms with Gasteiger partial charge < -0.3 is 4.74 Å². The Morgan fingerprint density at radius 2 is 1.89 bits per heavy atom. The SMILES string of the molecule is C=CCn1c(S[C@H](C)C(=O)c2ccc(OC)cc2)nnc1-c1ccc(Cl)cc1. The topological polar surface area (TPSA) is 57.0 Å². The van der Waals surface area contributed by atoms with Gasteiger partial charge in [0, 0.05) is 22.7 Å². The summed E-state index contributed by atoms with van der Waals surface area (Å²) in [6.07, 6.45) is 1.78. The highest BCUT2D eigenvalue weighted by atomic mass is 35.5. The largest absolute Gasteiger partial charge is 0.497 e. The van der Waals surface area contributed by atoms with E-state index in [0.717, 1.165) is 11.3 Å². The number of hydrogen-bond donors (Lipinski definition) is 0. The van der Waals surface area contributed by atoms with Gasteiger partial charge in [0.15, 0.2) is 16.8 Å². The first-order valence-corrected chi connectivity index (χ1v) is 9.94. The second-order valence-corrected chi connectivity index (χ2v) is 7.81. The van der Waals surface area contributed by atoms with E-state index in [1.54, 1.807) is 37.5 Å². The summed E-state index contributed by atoms with van der Waals surface area (Å²) in [6.45, 7) is 6.22. The summed E-state index contributed by atoms with van der Waals surface area (Å²) in [4.78, 5) is 12.8. The van der Waals surface area contributed by atoms with Crippen molar-refractivity contribution in [3.63, 3.8) is 0 Å². The summed E-state index contributed by atoms with van der Waals surface area (Å²) in [5.41, 5.74) is 1.54. The van der Waals surface area contributed by atoms with Crippen molar-refractivity contribution in [3.05, 3.63) is 71.8 Å². The normalized spacial score (nSPS) is 11.8. The molecule has 7 heteroatoms. The molecule has 3 rings (SSSR count). The number of carbonyl (C=O) groups excluding carboxylic acids is 1. The Kier molecular flexibility index (Phi) is 6.54. The number of aromatic nitrogens is 3. The highest BCUT2D eigenvalue weighted by Gasteiger charge is 2.21. The summed E-state index contributed by atoms with van der Waals surface area (Å²) in [7, 11) is 1.60. The molecule has 1 atom stereocenters. The van der Waals surface area contributed by atoms with E-state index in [2.05, 4.69) is 16.8 Å². The smallest absolute Gasteiger partial charge is 0.192 e. The predicted molar refractivity (Wildman–Crippen MR) is 113 cm³/mol.